The molecule has 1 amide bonds. The van der Waals surface area contributed by atoms with Crippen molar-refractivity contribution in [2.75, 3.05) is 40.3 Å². The molecule has 168 valence electrons. The van der Waals surface area contributed by atoms with Gasteiger partial charge in [0, 0.05) is 39.1 Å². The number of aromatic nitrogens is 2. The second-order valence-corrected chi connectivity index (χ2v) is 8.17. The fraction of sp³-hybridized carbons (Fsp3) is 0.522. The van der Waals surface area contributed by atoms with Crippen LogP contribution in [0.1, 0.15) is 38.3 Å². The molecular weight excluding hydrogens is 390 g/mol. The molecule has 2 aromatic rings. The zero-order valence-corrected chi connectivity index (χ0v) is 19.1. The summed E-state index contributed by atoms with van der Waals surface area (Å²) in [5.74, 6) is 0.639. The number of likely N-dealkylation sites (tertiary alicyclic amines) is 1. The number of nitrogens with zero attached hydrogens (tertiary/aromatic N) is 5. The quantitative estimate of drug-likeness (QED) is 0.500. The van der Waals surface area contributed by atoms with Gasteiger partial charge in [-0.2, -0.15) is 5.10 Å². The van der Waals surface area contributed by atoms with Crippen molar-refractivity contribution in [2.24, 2.45) is 4.99 Å². The van der Waals surface area contributed by atoms with Crippen LogP contribution in [0.3, 0.4) is 0 Å². The molecule has 2 heterocycles. The van der Waals surface area contributed by atoms with Crippen LogP contribution in [0.5, 0.6) is 0 Å². The number of hydrogen-bond acceptors (Lipinski definition) is 4. The van der Waals surface area contributed by atoms with Crippen LogP contribution in [0.2, 0.25) is 0 Å². The van der Waals surface area contributed by atoms with Gasteiger partial charge in [0.1, 0.15) is 6.54 Å². The topological polar surface area (TPSA) is 77.8 Å². The lowest BCUT2D eigenvalue weighted by Crippen LogP contribution is -2.46. The monoisotopic (exact) mass is 425 g/mol. The van der Waals surface area contributed by atoms with Crippen molar-refractivity contribution >= 4 is 11.9 Å². The Kier molecular flexibility index (Phi) is 8.06. The number of likely N-dealkylation sites (N-methyl/N-ethyl adjacent to an activating group) is 2. The van der Waals surface area contributed by atoms with Crippen molar-refractivity contribution in [3.63, 3.8) is 0 Å². The lowest BCUT2D eigenvalue weighted by Gasteiger charge is -2.25. The number of carbonyl (C=O) groups is 1. The summed E-state index contributed by atoms with van der Waals surface area (Å²) in [6.45, 7) is 7.44. The van der Waals surface area contributed by atoms with E-state index in [1.165, 1.54) is 12.8 Å². The third kappa shape index (κ3) is 6.30. The lowest BCUT2D eigenvalue weighted by molar-refractivity contribution is -0.127. The first-order valence-corrected chi connectivity index (χ1v) is 11.1. The van der Waals surface area contributed by atoms with Crippen LogP contribution in [0.15, 0.2) is 47.7 Å². The third-order valence-electron chi connectivity index (χ3n) is 5.77. The molecule has 2 unspecified atom stereocenters. The molecule has 0 radical (unpaired) electrons. The number of nitrogens with one attached hydrogen (secondary N) is 2. The molecule has 31 heavy (non-hydrogen) atoms. The van der Waals surface area contributed by atoms with Crippen LogP contribution in [-0.2, 0) is 4.79 Å². The molecule has 0 saturated carbocycles. The molecule has 0 spiro atoms. The predicted octanol–water partition coefficient (Wildman–Crippen LogP) is 2.04. The molecule has 2 N–H and O–H groups in total. The molecule has 1 aliphatic heterocycles. The third-order valence-corrected chi connectivity index (χ3v) is 5.77. The van der Waals surface area contributed by atoms with E-state index < -0.39 is 0 Å². The lowest BCUT2D eigenvalue weighted by atomic mass is 10.1. The van der Waals surface area contributed by atoms with Crippen LogP contribution in [0, 0.1) is 0 Å². The number of rotatable bonds is 8. The Bertz CT molecular complexity index is 863. The van der Waals surface area contributed by atoms with E-state index in [4.69, 9.17) is 0 Å². The fourth-order valence-electron chi connectivity index (χ4n) is 3.84. The fourth-order valence-corrected chi connectivity index (χ4v) is 3.84. The zero-order chi connectivity index (χ0) is 22.2. The van der Waals surface area contributed by atoms with E-state index in [-0.39, 0.29) is 18.5 Å². The molecule has 1 saturated heterocycles. The maximum atomic E-state index is 12.1. The van der Waals surface area contributed by atoms with Gasteiger partial charge in [0.05, 0.1) is 11.7 Å². The second-order valence-electron chi connectivity index (χ2n) is 8.17. The Balaban J connectivity index is 1.70. The van der Waals surface area contributed by atoms with Crippen molar-refractivity contribution in [1.29, 1.82) is 0 Å². The summed E-state index contributed by atoms with van der Waals surface area (Å²) in [5, 5.41) is 11.3. The first-order chi connectivity index (χ1) is 15.0. The van der Waals surface area contributed by atoms with E-state index in [1.54, 1.807) is 25.2 Å². The van der Waals surface area contributed by atoms with Crippen molar-refractivity contribution < 1.29 is 4.79 Å². The molecular formula is C23H35N7O. The molecule has 1 aromatic carbocycles. The van der Waals surface area contributed by atoms with Crippen LogP contribution < -0.4 is 10.6 Å². The number of guanidine groups is 1. The highest BCUT2D eigenvalue weighted by molar-refractivity contribution is 5.85. The van der Waals surface area contributed by atoms with E-state index in [1.807, 2.05) is 29.1 Å². The highest BCUT2D eigenvalue weighted by atomic mass is 16.2. The normalized spacial score (nSPS) is 18.1. The van der Waals surface area contributed by atoms with Crippen LogP contribution in [0.25, 0.3) is 5.69 Å². The first-order valence-electron chi connectivity index (χ1n) is 11.1. The molecule has 8 heteroatoms. The number of hydrogen-bond donors (Lipinski definition) is 2. The summed E-state index contributed by atoms with van der Waals surface area (Å²) in [7, 11) is 3.50. The highest BCUT2D eigenvalue weighted by Gasteiger charge is 2.23. The molecule has 8 nitrogen and oxygen atoms in total. The molecule has 3 rings (SSSR count). The first kappa shape index (κ1) is 22.8. The Morgan fingerprint density at radius 3 is 2.90 bits per heavy atom. The van der Waals surface area contributed by atoms with E-state index >= 15 is 0 Å². The number of carbonyl (C=O) groups excluding carboxylic acids is 1. The average molecular weight is 426 g/mol. The van der Waals surface area contributed by atoms with Gasteiger partial charge in [0.15, 0.2) is 5.96 Å². The summed E-state index contributed by atoms with van der Waals surface area (Å²) in [4.78, 5) is 20.7. The van der Waals surface area contributed by atoms with Crippen LogP contribution in [0.4, 0.5) is 0 Å². The molecule has 1 aromatic heterocycles. The van der Waals surface area contributed by atoms with Gasteiger partial charge in [0.25, 0.3) is 0 Å². The van der Waals surface area contributed by atoms with E-state index in [2.05, 4.69) is 51.6 Å². The largest absolute Gasteiger partial charge is 0.355 e. The Hall–Kier alpha value is -2.87. The van der Waals surface area contributed by atoms with Gasteiger partial charge in [0.2, 0.25) is 5.91 Å². The van der Waals surface area contributed by atoms with Gasteiger partial charge < -0.3 is 15.5 Å². The van der Waals surface area contributed by atoms with Gasteiger partial charge in [-0.15, -0.1) is 0 Å². The predicted molar refractivity (Wildman–Crippen MR) is 124 cm³/mol. The Morgan fingerprint density at radius 2 is 2.19 bits per heavy atom. The van der Waals surface area contributed by atoms with E-state index in [9.17, 15) is 4.79 Å². The van der Waals surface area contributed by atoms with Crippen molar-refractivity contribution in [3.05, 3.63) is 48.3 Å². The summed E-state index contributed by atoms with van der Waals surface area (Å²) in [5.41, 5.74) is 2.13. The second kappa shape index (κ2) is 10.9. The zero-order valence-electron chi connectivity index (χ0n) is 19.1. The maximum absolute atomic E-state index is 12.1. The highest BCUT2D eigenvalue weighted by Crippen LogP contribution is 2.17. The van der Waals surface area contributed by atoms with Crippen LogP contribution in [-0.4, -0.2) is 77.8 Å². The molecule has 2 atom stereocenters. The Morgan fingerprint density at radius 1 is 1.35 bits per heavy atom. The van der Waals surface area contributed by atoms with E-state index in [0.29, 0.717) is 12.0 Å². The average Bonchev–Trinajstić information content (AvgIpc) is 3.47. The standard InChI is InChI=1S/C23H35N7O/c1-5-29-13-7-11-21(29)16-24-23(25-17-22(31)28(3)4)27-18(2)19-9-6-10-20(15-19)30-14-8-12-26-30/h6,8-10,12,14-15,18,21H,5,7,11,13,16-17H2,1-4H3,(H2,24,25,27). The number of benzene rings is 1. The van der Waals surface area contributed by atoms with Gasteiger partial charge >= 0.3 is 0 Å². The van der Waals surface area contributed by atoms with Crippen molar-refractivity contribution in [1.82, 2.24) is 30.2 Å². The smallest absolute Gasteiger partial charge is 0.243 e. The molecule has 1 aliphatic rings. The number of amides is 1. The summed E-state index contributed by atoms with van der Waals surface area (Å²) in [6.07, 6.45) is 6.12. The maximum Gasteiger partial charge on any atom is 0.243 e. The summed E-state index contributed by atoms with van der Waals surface area (Å²) in [6, 6.07) is 10.7. The summed E-state index contributed by atoms with van der Waals surface area (Å²) < 4.78 is 1.85. The van der Waals surface area contributed by atoms with Gasteiger partial charge in [-0.05, 0) is 56.6 Å². The number of aliphatic imine (C=N–C) groups is 1. The summed E-state index contributed by atoms with van der Waals surface area (Å²) >= 11 is 0. The minimum Gasteiger partial charge on any atom is -0.355 e. The van der Waals surface area contributed by atoms with Gasteiger partial charge in [-0.3, -0.25) is 9.69 Å². The van der Waals surface area contributed by atoms with E-state index in [0.717, 1.165) is 30.9 Å². The van der Waals surface area contributed by atoms with Gasteiger partial charge in [-0.25, -0.2) is 9.67 Å². The molecule has 0 bridgehead atoms. The SMILES string of the molecule is CCN1CCCC1CNC(=NCC(=O)N(C)C)NC(C)c1cccc(-n2cccn2)c1. The molecule has 0 aliphatic carbocycles. The van der Waals surface area contributed by atoms with Gasteiger partial charge in [-0.1, -0.05) is 19.1 Å². The minimum atomic E-state index is -0.0227. The van der Waals surface area contributed by atoms with Crippen molar-refractivity contribution in [2.45, 2.75) is 38.8 Å². The Labute approximate surface area is 185 Å². The minimum absolute atomic E-state index is 0.0158. The molecule has 1 fully saturated rings. The van der Waals surface area contributed by atoms with Crippen molar-refractivity contribution in [3.8, 4) is 5.69 Å². The van der Waals surface area contributed by atoms with Crippen LogP contribution >= 0.6 is 0 Å².